The summed E-state index contributed by atoms with van der Waals surface area (Å²) in [6.45, 7) is 4.03. The van der Waals surface area contributed by atoms with Crippen LogP contribution in [0.3, 0.4) is 0 Å². The summed E-state index contributed by atoms with van der Waals surface area (Å²) in [5.74, 6) is 0.775. The Morgan fingerprint density at radius 2 is 1.76 bits per heavy atom. The minimum atomic E-state index is 0.542. The molecule has 0 saturated heterocycles. The SMILES string of the molecule is Cc1ccc(Cc2nc(C)c(I)c(Cl)n2)cc1. The molecular formula is C13H12ClIN2. The van der Waals surface area contributed by atoms with Crippen molar-refractivity contribution < 1.29 is 0 Å². The van der Waals surface area contributed by atoms with Crippen molar-refractivity contribution in [2.45, 2.75) is 20.3 Å². The number of aromatic nitrogens is 2. The van der Waals surface area contributed by atoms with Gasteiger partial charge in [0.25, 0.3) is 0 Å². The van der Waals surface area contributed by atoms with Crippen LogP contribution in [0.2, 0.25) is 5.15 Å². The number of nitrogens with zero attached hydrogens (tertiary/aromatic N) is 2. The zero-order chi connectivity index (χ0) is 12.4. The Morgan fingerprint density at radius 1 is 1.12 bits per heavy atom. The molecule has 2 aromatic rings. The average Bonchev–Trinajstić information content (AvgIpc) is 2.29. The Hall–Kier alpha value is -0.680. The van der Waals surface area contributed by atoms with Crippen LogP contribution in [0.5, 0.6) is 0 Å². The highest BCUT2D eigenvalue weighted by Gasteiger charge is 2.07. The molecule has 17 heavy (non-hydrogen) atoms. The lowest BCUT2D eigenvalue weighted by molar-refractivity contribution is 0.933. The van der Waals surface area contributed by atoms with Crippen molar-refractivity contribution in [3.63, 3.8) is 0 Å². The third kappa shape index (κ3) is 3.16. The summed E-state index contributed by atoms with van der Waals surface area (Å²) in [6, 6.07) is 8.38. The number of hydrogen-bond acceptors (Lipinski definition) is 2. The van der Waals surface area contributed by atoms with E-state index in [4.69, 9.17) is 11.6 Å². The van der Waals surface area contributed by atoms with Crippen molar-refractivity contribution in [2.24, 2.45) is 0 Å². The van der Waals surface area contributed by atoms with Gasteiger partial charge >= 0.3 is 0 Å². The van der Waals surface area contributed by atoms with Crippen molar-refractivity contribution in [3.8, 4) is 0 Å². The molecule has 2 rings (SSSR count). The Morgan fingerprint density at radius 3 is 2.35 bits per heavy atom. The zero-order valence-corrected chi connectivity index (χ0v) is 12.6. The predicted octanol–water partition coefficient (Wildman–Crippen LogP) is 3.94. The molecule has 0 aliphatic heterocycles. The van der Waals surface area contributed by atoms with Crippen LogP contribution in [0, 0.1) is 17.4 Å². The van der Waals surface area contributed by atoms with Crippen LogP contribution in [0.4, 0.5) is 0 Å². The van der Waals surface area contributed by atoms with Crippen LogP contribution in [0.15, 0.2) is 24.3 Å². The standard InChI is InChI=1S/C13H12ClIN2/c1-8-3-5-10(6-4-8)7-11-16-9(2)12(15)13(14)17-11/h3-6H,7H2,1-2H3. The monoisotopic (exact) mass is 358 g/mol. The van der Waals surface area contributed by atoms with Crippen molar-refractivity contribution >= 4 is 34.2 Å². The van der Waals surface area contributed by atoms with Gasteiger partial charge in [0.1, 0.15) is 11.0 Å². The Labute approximate surface area is 120 Å². The molecule has 1 aromatic carbocycles. The molecule has 0 aliphatic rings. The van der Waals surface area contributed by atoms with E-state index in [2.05, 4.69) is 63.7 Å². The molecule has 0 unspecified atom stereocenters. The van der Waals surface area contributed by atoms with E-state index in [1.165, 1.54) is 11.1 Å². The Bertz CT molecular complexity index is 515. The van der Waals surface area contributed by atoms with Gasteiger partial charge in [-0.3, -0.25) is 0 Å². The van der Waals surface area contributed by atoms with Gasteiger partial charge in [-0.05, 0) is 42.0 Å². The summed E-state index contributed by atoms with van der Waals surface area (Å²) in [5.41, 5.74) is 3.39. The topological polar surface area (TPSA) is 25.8 Å². The minimum absolute atomic E-state index is 0.542. The highest BCUT2D eigenvalue weighted by Crippen LogP contribution is 2.19. The van der Waals surface area contributed by atoms with Gasteiger partial charge in [0, 0.05) is 6.42 Å². The van der Waals surface area contributed by atoms with Crippen molar-refractivity contribution in [1.82, 2.24) is 9.97 Å². The van der Waals surface area contributed by atoms with Crippen molar-refractivity contribution in [2.75, 3.05) is 0 Å². The predicted molar refractivity (Wildman–Crippen MR) is 78.5 cm³/mol. The average molecular weight is 359 g/mol. The van der Waals surface area contributed by atoms with Crippen molar-refractivity contribution in [3.05, 3.63) is 55.6 Å². The lowest BCUT2D eigenvalue weighted by Crippen LogP contribution is -2.01. The second-order valence-electron chi connectivity index (χ2n) is 3.99. The maximum absolute atomic E-state index is 6.05. The summed E-state index contributed by atoms with van der Waals surface area (Å²) in [5, 5.41) is 0.542. The van der Waals surface area contributed by atoms with Gasteiger partial charge in [0.05, 0.1) is 9.26 Å². The second kappa shape index (κ2) is 5.31. The van der Waals surface area contributed by atoms with Crippen LogP contribution in [0.1, 0.15) is 22.6 Å². The number of halogens is 2. The van der Waals surface area contributed by atoms with E-state index < -0.39 is 0 Å². The highest BCUT2D eigenvalue weighted by atomic mass is 127. The van der Waals surface area contributed by atoms with Gasteiger partial charge in [-0.15, -0.1) is 0 Å². The van der Waals surface area contributed by atoms with Gasteiger partial charge in [0.2, 0.25) is 0 Å². The molecule has 0 fully saturated rings. The largest absolute Gasteiger partial charge is 0.237 e. The molecule has 0 atom stereocenters. The molecule has 0 bridgehead atoms. The van der Waals surface area contributed by atoms with E-state index in [1.54, 1.807) is 0 Å². The molecule has 1 heterocycles. The molecule has 0 saturated carbocycles. The van der Waals surface area contributed by atoms with Gasteiger partial charge in [0.15, 0.2) is 0 Å². The fraction of sp³-hybridized carbons (Fsp3) is 0.231. The molecule has 88 valence electrons. The first-order valence-electron chi connectivity index (χ1n) is 5.30. The second-order valence-corrected chi connectivity index (χ2v) is 5.43. The molecular weight excluding hydrogens is 347 g/mol. The number of hydrogen-bond donors (Lipinski definition) is 0. The third-order valence-corrected chi connectivity index (χ3v) is 4.39. The maximum atomic E-state index is 6.05. The van der Waals surface area contributed by atoms with Crippen LogP contribution in [0.25, 0.3) is 0 Å². The highest BCUT2D eigenvalue weighted by molar-refractivity contribution is 14.1. The molecule has 0 radical (unpaired) electrons. The molecule has 0 spiro atoms. The van der Waals surface area contributed by atoms with Crippen LogP contribution in [-0.4, -0.2) is 9.97 Å². The third-order valence-electron chi connectivity index (χ3n) is 2.51. The fourth-order valence-electron chi connectivity index (χ4n) is 1.55. The zero-order valence-electron chi connectivity index (χ0n) is 9.67. The molecule has 0 aliphatic carbocycles. The number of aryl methyl sites for hydroxylation is 2. The van der Waals surface area contributed by atoms with Gasteiger partial charge < -0.3 is 0 Å². The first kappa shape index (κ1) is 12.8. The van der Waals surface area contributed by atoms with E-state index >= 15 is 0 Å². The molecule has 1 aromatic heterocycles. The van der Waals surface area contributed by atoms with E-state index in [0.717, 1.165) is 21.5 Å². The summed E-state index contributed by atoms with van der Waals surface area (Å²) < 4.78 is 0.928. The van der Waals surface area contributed by atoms with E-state index in [-0.39, 0.29) is 0 Å². The van der Waals surface area contributed by atoms with E-state index in [9.17, 15) is 0 Å². The lowest BCUT2D eigenvalue weighted by atomic mass is 10.1. The van der Waals surface area contributed by atoms with Gasteiger partial charge in [-0.2, -0.15) is 0 Å². The van der Waals surface area contributed by atoms with Crippen molar-refractivity contribution in [1.29, 1.82) is 0 Å². The first-order chi connectivity index (χ1) is 8.06. The fourth-order valence-corrected chi connectivity index (χ4v) is 2.02. The Kier molecular flexibility index (Phi) is 3.99. The van der Waals surface area contributed by atoms with Crippen LogP contribution >= 0.6 is 34.2 Å². The normalized spacial score (nSPS) is 10.6. The molecule has 2 nitrogen and oxygen atoms in total. The summed E-state index contributed by atoms with van der Waals surface area (Å²) in [4.78, 5) is 8.75. The van der Waals surface area contributed by atoms with E-state index in [0.29, 0.717) is 5.15 Å². The maximum Gasteiger partial charge on any atom is 0.146 e. The number of benzene rings is 1. The summed E-state index contributed by atoms with van der Waals surface area (Å²) in [6.07, 6.45) is 0.720. The minimum Gasteiger partial charge on any atom is -0.237 e. The first-order valence-corrected chi connectivity index (χ1v) is 6.76. The van der Waals surface area contributed by atoms with E-state index in [1.807, 2.05) is 6.92 Å². The summed E-state index contributed by atoms with van der Waals surface area (Å²) >= 11 is 8.22. The smallest absolute Gasteiger partial charge is 0.146 e. The molecule has 0 amide bonds. The summed E-state index contributed by atoms with van der Waals surface area (Å²) in [7, 11) is 0. The van der Waals surface area contributed by atoms with Crippen LogP contribution in [-0.2, 0) is 6.42 Å². The molecule has 4 heteroatoms. The lowest BCUT2D eigenvalue weighted by Gasteiger charge is -2.05. The number of rotatable bonds is 2. The molecule has 0 N–H and O–H groups in total. The van der Waals surface area contributed by atoms with Gasteiger partial charge in [-0.1, -0.05) is 41.4 Å². The van der Waals surface area contributed by atoms with Crippen LogP contribution < -0.4 is 0 Å². The van der Waals surface area contributed by atoms with Gasteiger partial charge in [-0.25, -0.2) is 9.97 Å². The Balaban J connectivity index is 2.27. The quantitative estimate of drug-likeness (QED) is 0.600.